The molecule has 2 aromatic rings. The van der Waals surface area contributed by atoms with Crippen LogP contribution >= 0.6 is 11.8 Å². The lowest BCUT2D eigenvalue weighted by Crippen LogP contribution is -2.29. The van der Waals surface area contributed by atoms with Crippen LogP contribution in [0.25, 0.3) is 0 Å². The van der Waals surface area contributed by atoms with Crippen LogP contribution in [0.2, 0.25) is 0 Å². The average Bonchev–Trinajstić information content (AvgIpc) is 3.33. The van der Waals surface area contributed by atoms with E-state index < -0.39 is 10.0 Å². The molecule has 148 valence electrons. The zero-order chi connectivity index (χ0) is 19.6. The summed E-state index contributed by atoms with van der Waals surface area (Å²) >= 11 is 1.84. The maximum Gasteiger partial charge on any atom is 0.253 e. The zero-order valence-electron chi connectivity index (χ0n) is 15.7. The van der Waals surface area contributed by atoms with Crippen LogP contribution in [0.5, 0.6) is 0 Å². The number of carbonyl (C=O) groups is 1. The second kappa shape index (κ2) is 8.17. The normalized spacial score (nSPS) is 21.2. The number of hydrogen-bond donors (Lipinski definition) is 0. The number of sulfonamides is 1. The van der Waals surface area contributed by atoms with E-state index in [4.69, 9.17) is 0 Å². The first-order valence-corrected chi connectivity index (χ1v) is 12.2. The maximum absolute atomic E-state index is 12.8. The number of amides is 1. The van der Waals surface area contributed by atoms with Crippen molar-refractivity contribution in [3.05, 3.63) is 60.2 Å². The van der Waals surface area contributed by atoms with Crippen molar-refractivity contribution in [1.29, 1.82) is 0 Å². The summed E-state index contributed by atoms with van der Waals surface area (Å²) in [6.45, 7) is 2.07. The van der Waals surface area contributed by atoms with Crippen LogP contribution in [-0.4, -0.2) is 50.4 Å². The molecule has 2 aliphatic rings. The Morgan fingerprint density at radius 1 is 1.04 bits per heavy atom. The fourth-order valence-corrected chi connectivity index (χ4v) is 6.38. The van der Waals surface area contributed by atoms with Gasteiger partial charge in [0.25, 0.3) is 5.91 Å². The van der Waals surface area contributed by atoms with Gasteiger partial charge in [0.2, 0.25) is 10.0 Å². The van der Waals surface area contributed by atoms with Crippen LogP contribution < -0.4 is 4.31 Å². The topological polar surface area (TPSA) is 57.7 Å². The molecule has 2 saturated heterocycles. The first-order valence-electron chi connectivity index (χ1n) is 9.60. The number of hydrogen-bond acceptors (Lipinski definition) is 4. The van der Waals surface area contributed by atoms with Crippen molar-refractivity contribution in [2.24, 2.45) is 5.92 Å². The minimum Gasteiger partial charge on any atom is -0.338 e. The number of anilines is 1. The largest absolute Gasteiger partial charge is 0.338 e. The maximum atomic E-state index is 12.8. The lowest BCUT2D eigenvalue weighted by atomic mass is 10.1. The van der Waals surface area contributed by atoms with Crippen molar-refractivity contribution >= 4 is 33.4 Å². The lowest BCUT2D eigenvalue weighted by molar-refractivity contribution is 0.0788. The molecule has 0 spiro atoms. The van der Waals surface area contributed by atoms with Gasteiger partial charge in [0, 0.05) is 35.8 Å². The fraction of sp³-hybridized carbons (Fsp3) is 0.381. The Morgan fingerprint density at radius 2 is 1.79 bits per heavy atom. The van der Waals surface area contributed by atoms with E-state index in [0.29, 0.717) is 30.1 Å². The van der Waals surface area contributed by atoms with Crippen LogP contribution in [0.1, 0.15) is 23.2 Å². The number of thioether (sulfide) groups is 1. The Balaban J connectivity index is 1.34. The molecule has 2 heterocycles. The number of likely N-dealkylation sites (tertiary alicyclic amines) is 1. The summed E-state index contributed by atoms with van der Waals surface area (Å²) in [6.07, 6.45) is 1.68. The summed E-state index contributed by atoms with van der Waals surface area (Å²) in [4.78, 5) is 16.0. The Morgan fingerprint density at radius 3 is 2.46 bits per heavy atom. The van der Waals surface area contributed by atoms with Crippen LogP contribution in [0, 0.1) is 5.92 Å². The van der Waals surface area contributed by atoms with Crippen molar-refractivity contribution < 1.29 is 13.2 Å². The zero-order valence-corrected chi connectivity index (χ0v) is 17.3. The molecule has 0 aromatic heterocycles. The minimum absolute atomic E-state index is 0.0306. The van der Waals surface area contributed by atoms with E-state index in [9.17, 15) is 13.2 Å². The third kappa shape index (κ3) is 4.20. The van der Waals surface area contributed by atoms with Gasteiger partial charge in [0.15, 0.2) is 0 Å². The molecule has 7 heteroatoms. The summed E-state index contributed by atoms with van der Waals surface area (Å²) in [7, 11) is -3.19. The Labute approximate surface area is 170 Å². The SMILES string of the molecule is O=C(c1ccc(N2CCCS2(=O)=O)cc1)N1CC[C@H](CSc2ccccc2)C1. The van der Waals surface area contributed by atoms with Crippen molar-refractivity contribution in [2.45, 2.75) is 17.7 Å². The molecule has 28 heavy (non-hydrogen) atoms. The predicted molar refractivity (Wildman–Crippen MR) is 113 cm³/mol. The average molecular weight is 417 g/mol. The first kappa shape index (κ1) is 19.3. The second-order valence-electron chi connectivity index (χ2n) is 7.32. The van der Waals surface area contributed by atoms with Gasteiger partial charge >= 0.3 is 0 Å². The molecule has 2 aromatic carbocycles. The Bertz CT molecular complexity index is 930. The number of carbonyl (C=O) groups excluding carboxylic acids is 1. The molecular formula is C21H24N2O3S2. The molecule has 4 rings (SSSR count). The summed E-state index contributed by atoms with van der Waals surface area (Å²) in [5.41, 5.74) is 1.27. The summed E-state index contributed by atoms with van der Waals surface area (Å²) in [5.74, 6) is 1.75. The van der Waals surface area contributed by atoms with Crippen molar-refractivity contribution in [3.63, 3.8) is 0 Å². The third-order valence-corrected chi connectivity index (χ3v) is 8.42. The van der Waals surface area contributed by atoms with Gasteiger partial charge < -0.3 is 4.90 Å². The minimum atomic E-state index is -3.19. The number of rotatable bonds is 5. The second-order valence-corrected chi connectivity index (χ2v) is 10.4. The molecule has 1 amide bonds. The molecule has 1 atom stereocenters. The van der Waals surface area contributed by atoms with Gasteiger partial charge in [0.1, 0.15) is 0 Å². The van der Waals surface area contributed by atoms with E-state index in [-0.39, 0.29) is 11.7 Å². The van der Waals surface area contributed by atoms with Crippen molar-refractivity contribution in [2.75, 3.05) is 35.4 Å². The van der Waals surface area contributed by atoms with Gasteiger partial charge in [-0.25, -0.2) is 8.42 Å². The molecule has 2 aliphatic heterocycles. The smallest absolute Gasteiger partial charge is 0.253 e. The van der Waals surface area contributed by atoms with E-state index >= 15 is 0 Å². The fourth-order valence-electron chi connectivity index (χ4n) is 3.77. The lowest BCUT2D eigenvalue weighted by Gasteiger charge is -2.19. The van der Waals surface area contributed by atoms with Crippen molar-refractivity contribution in [3.8, 4) is 0 Å². The highest BCUT2D eigenvalue weighted by Gasteiger charge is 2.29. The quantitative estimate of drug-likeness (QED) is 0.700. The molecule has 0 aliphatic carbocycles. The monoisotopic (exact) mass is 416 g/mol. The standard InChI is InChI=1S/C21H24N2O3S2/c24-21(18-7-9-19(10-8-18)23-12-4-14-28(23,25)26)22-13-11-17(15-22)16-27-20-5-2-1-3-6-20/h1-3,5-10,17H,4,11-16H2/t17-/m0/s1. The molecule has 0 bridgehead atoms. The van der Waals surface area contributed by atoms with Crippen LogP contribution in [0.3, 0.4) is 0 Å². The summed E-state index contributed by atoms with van der Waals surface area (Å²) < 4.78 is 25.5. The molecule has 2 fully saturated rings. The van der Waals surface area contributed by atoms with Gasteiger partial charge in [-0.15, -0.1) is 11.8 Å². The molecule has 0 radical (unpaired) electrons. The van der Waals surface area contributed by atoms with Crippen LogP contribution in [0.4, 0.5) is 5.69 Å². The van der Waals surface area contributed by atoms with Gasteiger partial charge in [-0.2, -0.15) is 0 Å². The predicted octanol–water partition coefficient (Wildman–Crippen LogP) is 3.48. The van der Waals surface area contributed by atoms with Gasteiger partial charge in [-0.05, 0) is 55.2 Å². The van der Waals surface area contributed by atoms with E-state index in [1.807, 2.05) is 34.9 Å². The number of nitrogens with zero attached hydrogens (tertiary/aromatic N) is 2. The van der Waals surface area contributed by atoms with Crippen molar-refractivity contribution in [1.82, 2.24) is 4.90 Å². The Kier molecular flexibility index (Phi) is 5.64. The first-order chi connectivity index (χ1) is 13.5. The van der Waals surface area contributed by atoms with Gasteiger partial charge in [-0.1, -0.05) is 18.2 Å². The molecule has 0 saturated carbocycles. The Hall–Kier alpha value is -1.99. The highest BCUT2D eigenvalue weighted by molar-refractivity contribution is 7.99. The van der Waals surface area contributed by atoms with Crippen LogP contribution in [-0.2, 0) is 10.0 Å². The third-order valence-electron chi connectivity index (χ3n) is 5.30. The van der Waals surface area contributed by atoms with E-state index in [1.54, 1.807) is 24.3 Å². The molecule has 0 unspecified atom stereocenters. The summed E-state index contributed by atoms with van der Waals surface area (Å²) in [6, 6.07) is 17.3. The number of benzene rings is 2. The summed E-state index contributed by atoms with van der Waals surface area (Å²) in [5, 5.41) is 0. The molecule has 5 nitrogen and oxygen atoms in total. The van der Waals surface area contributed by atoms with E-state index in [0.717, 1.165) is 25.3 Å². The van der Waals surface area contributed by atoms with Crippen LogP contribution in [0.15, 0.2) is 59.5 Å². The van der Waals surface area contributed by atoms with E-state index in [2.05, 4.69) is 12.1 Å². The van der Waals surface area contributed by atoms with E-state index in [1.165, 1.54) is 9.20 Å². The van der Waals surface area contributed by atoms with Gasteiger partial charge in [-0.3, -0.25) is 9.10 Å². The molecule has 0 N–H and O–H groups in total. The highest BCUT2D eigenvalue weighted by Crippen LogP contribution is 2.28. The highest BCUT2D eigenvalue weighted by atomic mass is 32.2. The molecular weight excluding hydrogens is 392 g/mol. The van der Waals surface area contributed by atoms with Gasteiger partial charge in [0.05, 0.1) is 11.4 Å².